The first-order valence-corrected chi connectivity index (χ1v) is 10.1. The lowest BCUT2D eigenvalue weighted by Crippen LogP contribution is -2.32. The van der Waals surface area contributed by atoms with Crippen molar-refractivity contribution in [1.29, 1.82) is 0 Å². The van der Waals surface area contributed by atoms with E-state index in [1.54, 1.807) is 15.8 Å². The third-order valence-corrected chi connectivity index (χ3v) is 5.28. The second-order valence-corrected chi connectivity index (χ2v) is 8.12. The van der Waals surface area contributed by atoms with Gasteiger partial charge in [-0.3, -0.25) is 9.48 Å². The molecule has 1 saturated heterocycles. The van der Waals surface area contributed by atoms with Crippen LogP contribution in [0, 0.1) is 13.8 Å². The first kappa shape index (κ1) is 20.8. The summed E-state index contributed by atoms with van der Waals surface area (Å²) in [4.78, 5) is 30.4. The Bertz CT molecular complexity index is 1100. The second kappa shape index (κ2) is 8.35. The molecule has 2 aromatic heterocycles. The van der Waals surface area contributed by atoms with Gasteiger partial charge in [-0.05, 0) is 39.1 Å². The van der Waals surface area contributed by atoms with E-state index in [1.807, 2.05) is 40.1 Å². The Morgan fingerprint density at radius 3 is 2.61 bits per heavy atom. The van der Waals surface area contributed by atoms with E-state index in [0.717, 1.165) is 34.7 Å². The van der Waals surface area contributed by atoms with Crippen molar-refractivity contribution >= 4 is 17.6 Å². The molecule has 3 amide bonds. The summed E-state index contributed by atoms with van der Waals surface area (Å²) in [7, 11) is 4.03. The predicted octanol–water partition coefficient (Wildman–Crippen LogP) is 2.57. The van der Waals surface area contributed by atoms with Crippen LogP contribution in [0.15, 0.2) is 41.2 Å². The number of carbonyl (C=O) groups is 2. The Balaban J connectivity index is 1.47. The molecule has 1 fully saturated rings. The molecule has 0 unspecified atom stereocenters. The molecule has 1 aliphatic heterocycles. The molecule has 0 saturated carbocycles. The van der Waals surface area contributed by atoms with Crippen molar-refractivity contribution in [3.63, 3.8) is 0 Å². The van der Waals surface area contributed by atoms with Gasteiger partial charge in [0.05, 0.1) is 24.1 Å². The maximum Gasteiger partial charge on any atom is 0.332 e. The lowest BCUT2D eigenvalue weighted by Gasteiger charge is -2.17. The maximum atomic E-state index is 13.0. The molecule has 0 aliphatic carbocycles. The van der Waals surface area contributed by atoms with Gasteiger partial charge >= 0.3 is 6.03 Å². The van der Waals surface area contributed by atoms with E-state index >= 15 is 0 Å². The molecule has 0 atom stereocenters. The van der Waals surface area contributed by atoms with Gasteiger partial charge < -0.3 is 14.3 Å². The molecule has 3 heterocycles. The Morgan fingerprint density at radius 1 is 1.13 bits per heavy atom. The summed E-state index contributed by atoms with van der Waals surface area (Å²) in [6.45, 7) is 5.42. The van der Waals surface area contributed by atoms with Crippen molar-refractivity contribution in [2.45, 2.75) is 33.5 Å². The topological polar surface area (TPSA) is 87.7 Å². The first-order valence-electron chi connectivity index (χ1n) is 10.1. The fourth-order valence-electron chi connectivity index (χ4n) is 3.78. The van der Waals surface area contributed by atoms with Crippen molar-refractivity contribution in [1.82, 2.24) is 24.7 Å². The third-order valence-electron chi connectivity index (χ3n) is 5.28. The van der Waals surface area contributed by atoms with Gasteiger partial charge in [-0.15, -0.1) is 0 Å². The van der Waals surface area contributed by atoms with Crippen LogP contribution in [0.5, 0.6) is 0 Å². The zero-order valence-electron chi connectivity index (χ0n) is 18.2. The van der Waals surface area contributed by atoms with Crippen molar-refractivity contribution in [3.8, 4) is 0 Å². The van der Waals surface area contributed by atoms with E-state index < -0.39 is 0 Å². The van der Waals surface area contributed by atoms with Crippen LogP contribution in [0.4, 0.5) is 10.5 Å². The normalized spacial score (nSPS) is 14.4. The summed E-state index contributed by atoms with van der Waals surface area (Å²) in [5.41, 5.74) is 4.36. The molecule has 9 nitrogen and oxygen atoms in total. The van der Waals surface area contributed by atoms with Crippen LogP contribution in [0.3, 0.4) is 0 Å². The smallest absolute Gasteiger partial charge is 0.332 e. The summed E-state index contributed by atoms with van der Waals surface area (Å²) in [5, 5.41) is 8.26. The van der Waals surface area contributed by atoms with Gasteiger partial charge in [-0.25, -0.2) is 9.69 Å². The van der Waals surface area contributed by atoms with Gasteiger partial charge in [0.2, 0.25) is 0 Å². The molecule has 3 aromatic rings. The number of benzene rings is 1. The predicted molar refractivity (Wildman–Crippen MR) is 114 cm³/mol. The zero-order valence-corrected chi connectivity index (χ0v) is 18.2. The Hall–Kier alpha value is -3.46. The van der Waals surface area contributed by atoms with Crippen LogP contribution in [-0.2, 0) is 24.4 Å². The first-order chi connectivity index (χ1) is 14.8. The van der Waals surface area contributed by atoms with E-state index in [-0.39, 0.29) is 18.5 Å². The summed E-state index contributed by atoms with van der Waals surface area (Å²) < 4.78 is 6.87. The highest BCUT2D eigenvalue weighted by molar-refractivity contribution is 6.19. The van der Waals surface area contributed by atoms with Crippen molar-refractivity contribution in [2.24, 2.45) is 0 Å². The van der Waals surface area contributed by atoms with E-state index in [9.17, 15) is 9.59 Å². The number of amides is 3. The van der Waals surface area contributed by atoms with E-state index in [2.05, 4.69) is 27.3 Å². The second-order valence-electron chi connectivity index (χ2n) is 8.12. The molecular weight excluding hydrogens is 396 g/mol. The molecule has 162 valence electrons. The van der Waals surface area contributed by atoms with E-state index in [4.69, 9.17) is 4.52 Å². The largest absolute Gasteiger partial charge is 0.361 e. The number of hydrogen-bond donors (Lipinski definition) is 0. The van der Waals surface area contributed by atoms with Crippen molar-refractivity contribution in [2.75, 3.05) is 25.5 Å². The minimum Gasteiger partial charge on any atom is -0.361 e. The van der Waals surface area contributed by atoms with E-state index in [0.29, 0.717) is 18.8 Å². The third kappa shape index (κ3) is 4.36. The Morgan fingerprint density at radius 2 is 1.90 bits per heavy atom. The average Bonchev–Trinajstić information content (AvgIpc) is 3.36. The van der Waals surface area contributed by atoms with Gasteiger partial charge in [-0.2, -0.15) is 5.10 Å². The molecule has 1 aliphatic rings. The molecule has 0 radical (unpaired) electrons. The summed E-state index contributed by atoms with van der Waals surface area (Å²) >= 11 is 0. The summed E-state index contributed by atoms with van der Waals surface area (Å²) in [5.74, 6) is 0.469. The standard InChI is InChI=1S/C22H26N6O3/c1-15-20(16(2)31-24-15)13-27-12-19(9-23-27)28-21(29)14-26(22(28)30)11-18-7-5-6-17(8-18)10-25(3)4/h5-9,12H,10-11,13-14H2,1-4H3. The van der Waals surface area contributed by atoms with Crippen LogP contribution in [0.1, 0.15) is 28.1 Å². The van der Waals surface area contributed by atoms with E-state index in [1.165, 1.54) is 11.1 Å². The Labute approximate surface area is 180 Å². The minimum absolute atomic E-state index is 0.0474. The van der Waals surface area contributed by atoms with Gasteiger partial charge in [0.15, 0.2) is 0 Å². The van der Waals surface area contributed by atoms with Crippen LogP contribution in [0.2, 0.25) is 0 Å². The number of imide groups is 1. The lowest BCUT2D eigenvalue weighted by atomic mass is 10.1. The van der Waals surface area contributed by atoms with Crippen LogP contribution < -0.4 is 4.90 Å². The van der Waals surface area contributed by atoms with Gasteiger partial charge in [0.25, 0.3) is 5.91 Å². The molecule has 0 N–H and O–H groups in total. The maximum absolute atomic E-state index is 13.0. The highest BCUT2D eigenvalue weighted by Gasteiger charge is 2.37. The fourth-order valence-corrected chi connectivity index (χ4v) is 3.78. The van der Waals surface area contributed by atoms with Crippen LogP contribution >= 0.6 is 0 Å². The van der Waals surface area contributed by atoms with Gasteiger partial charge in [-0.1, -0.05) is 29.4 Å². The fraction of sp³-hybridized carbons (Fsp3) is 0.364. The molecule has 9 heteroatoms. The number of nitrogens with zero attached hydrogens (tertiary/aromatic N) is 6. The molecule has 1 aromatic carbocycles. The number of carbonyl (C=O) groups excluding carboxylic acids is 2. The molecule has 0 bridgehead atoms. The monoisotopic (exact) mass is 422 g/mol. The average molecular weight is 422 g/mol. The van der Waals surface area contributed by atoms with Crippen molar-refractivity contribution < 1.29 is 14.1 Å². The quantitative estimate of drug-likeness (QED) is 0.544. The van der Waals surface area contributed by atoms with Gasteiger partial charge in [0.1, 0.15) is 12.3 Å². The number of anilines is 1. The van der Waals surface area contributed by atoms with Gasteiger partial charge in [0, 0.05) is 24.8 Å². The summed E-state index contributed by atoms with van der Waals surface area (Å²) in [6, 6.07) is 7.75. The molecule has 0 spiro atoms. The number of rotatable bonds is 7. The SMILES string of the molecule is Cc1noc(C)c1Cn1cc(N2C(=O)CN(Cc3cccc(CN(C)C)c3)C2=O)cn1. The molecule has 31 heavy (non-hydrogen) atoms. The number of urea groups is 1. The number of hydrogen-bond acceptors (Lipinski definition) is 6. The number of aryl methyl sites for hydroxylation is 2. The molecular formula is C22H26N6O3. The van der Waals surface area contributed by atoms with Crippen LogP contribution in [-0.4, -0.2) is 57.3 Å². The highest BCUT2D eigenvalue weighted by atomic mass is 16.5. The Kier molecular flexibility index (Phi) is 5.60. The zero-order chi connectivity index (χ0) is 22.1. The highest BCUT2D eigenvalue weighted by Crippen LogP contribution is 2.23. The van der Waals surface area contributed by atoms with Crippen LogP contribution in [0.25, 0.3) is 0 Å². The van der Waals surface area contributed by atoms with Crippen molar-refractivity contribution in [3.05, 3.63) is 64.8 Å². The molecule has 4 rings (SSSR count). The number of aromatic nitrogens is 3. The minimum atomic E-state index is -0.333. The summed E-state index contributed by atoms with van der Waals surface area (Å²) in [6.07, 6.45) is 3.23. The lowest BCUT2D eigenvalue weighted by molar-refractivity contribution is -0.116.